The number of rotatable bonds is 6. The predicted molar refractivity (Wildman–Crippen MR) is 107 cm³/mol. The predicted octanol–water partition coefficient (Wildman–Crippen LogP) is 5.66. The van der Waals surface area contributed by atoms with E-state index in [9.17, 15) is 4.79 Å². The van der Waals surface area contributed by atoms with Crippen molar-refractivity contribution >= 4 is 27.5 Å². The molecular weight excluding hydrogens is 324 g/mol. The maximum absolute atomic E-state index is 11.8. The van der Waals surface area contributed by atoms with Crippen molar-refractivity contribution in [2.24, 2.45) is 0 Å². The highest BCUT2D eigenvalue weighted by Crippen LogP contribution is 2.33. The maximum atomic E-state index is 11.8. The highest BCUT2D eigenvalue weighted by molar-refractivity contribution is 6.10. The van der Waals surface area contributed by atoms with E-state index in [4.69, 9.17) is 9.47 Å². The molecule has 0 saturated carbocycles. The molecule has 3 aromatic carbocycles. The molecule has 26 heavy (non-hydrogen) atoms. The third kappa shape index (κ3) is 3.88. The molecule has 0 bridgehead atoms. The zero-order valence-electron chi connectivity index (χ0n) is 15.5. The molecule has 0 spiro atoms. The highest BCUT2D eigenvalue weighted by atomic mass is 16.6. The summed E-state index contributed by atoms with van der Waals surface area (Å²) in [5.41, 5.74) is -0.206. The Morgan fingerprint density at radius 3 is 2.31 bits per heavy atom. The largest absolute Gasteiger partial charge is 0.493 e. The Kier molecular flexibility index (Phi) is 4.99. The second-order valence-electron chi connectivity index (χ2n) is 7.17. The normalized spacial score (nSPS) is 11.5. The van der Waals surface area contributed by atoms with E-state index >= 15 is 0 Å². The zero-order chi connectivity index (χ0) is 18.7. The molecule has 3 rings (SSSR count). The van der Waals surface area contributed by atoms with Crippen LogP contribution in [0.15, 0.2) is 66.7 Å². The number of carbonyl (C=O) groups is 1. The third-order valence-corrected chi connectivity index (χ3v) is 4.41. The van der Waals surface area contributed by atoms with Gasteiger partial charge in [-0.2, -0.15) is 0 Å². The van der Waals surface area contributed by atoms with Crippen LogP contribution in [0.25, 0.3) is 21.5 Å². The molecule has 0 aliphatic rings. The molecular formula is C23H24O3. The number of benzene rings is 3. The van der Waals surface area contributed by atoms with Gasteiger partial charge in [0, 0.05) is 17.4 Å². The third-order valence-electron chi connectivity index (χ3n) is 4.41. The van der Waals surface area contributed by atoms with E-state index in [-0.39, 0.29) is 5.97 Å². The molecule has 3 heteroatoms. The summed E-state index contributed by atoms with van der Waals surface area (Å²) in [4.78, 5) is 11.8. The van der Waals surface area contributed by atoms with Crippen molar-refractivity contribution < 1.29 is 14.3 Å². The minimum atomic E-state index is -0.608. The second kappa shape index (κ2) is 7.20. The van der Waals surface area contributed by atoms with Crippen LogP contribution in [0.1, 0.15) is 27.2 Å². The van der Waals surface area contributed by atoms with E-state index in [1.807, 2.05) is 38.1 Å². The minimum absolute atomic E-state index is 0.369. The van der Waals surface area contributed by atoms with Gasteiger partial charge in [-0.3, -0.25) is 0 Å². The van der Waals surface area contributed by atoms with Crippen LogP contribution in [-0.2, 0) is 9.53 Å². The molecule has 3 nitrogen and oxygen atoms in total. The summed E-state index contributed by atoms with van der Waals surface area (Å²) < 4.78 is 11.6. The van der Waals surface area contributed by atoms with Gasteiger partial charge in [0.15, 0.2) is 0 Å². The number of carbonyl (C=O) groups excluding carboxylic acids is 1. The summed E-state index contributed by atoms with van der Waals surface area (Å²) in [5, 5.41) is 4.62. The second-order valence-corrected chi connectivity index (χ2v) is 7.17. The van der Waals surface area contributed by atoms with Crippen molar-refractivity contribution in [1.29, 1.82) is 0 Å². The van der Waals surface area contributed by atoms with E-state index in [1.54, 1.807) is 6.92 Å². The van der Waals surface area contributed by atoms with Crippen LogP contribution < -0.4 is 4.74 Å². The minimum Gasteiger partial charge on any atom is -0.493 e. The van der Waals surface area contributed by atoms with Gasteiger partial charge in [-0.25, -0.2) is 4.79 Å². The molecule has 0 amide bonds. The lowest BCUT2D eigenvalue weighted by Crippen LogP contribution is -2.30. The smallest absolute Gasteiger partial charge is 0.333 e. The van der Waals surface area contributed by atoms with E-state index in [0.29, 0.717) is 18.6 Å². The summed E-state index contributed by atoms with van der Waals surface area (Å²) in [6, 6.07) is 18.6. The van der Waals surface area contributed by atoms with Gasteiger partial charge in [0.2, 0.25) is 0 Å². The number of hydrogen-bond donors (Lipinski definition) is 0. The average Bonchev–Trinajstić information content (AvgIpc) is 2.61. The Labute approximate surface area is 154 Å². The molecule has 0 saturated heterocycles. The zero-order valence-corrected chi connectivity index (χ0v) is 15.5. The Bertz CT molecular complexity index is 970. The lowest BCUT2D eigenvalue weighted by Gasteiger charge is -2.25. The molecule has 0 heterocycles. The monoisotopic (exact) mass is 348 g/mol. The van der Waals surface area contributed by atoms with Gasteiger partial charge in [-0.05, 0) is 43.0 Å². The first-order chi connectivity index (χ1) is 12.4. The van der Waals surface area contributed by atoms with E-state index in [1.165, 1.54) is 10.8 Å². The van der Waals surface area contributed by atoms with E-state index < -0.39 is 5.60 Å². The Morgan fingerprint density at radius 1 is 1.00 bits per heavy atom. The molecule has 134 valence electrons. The first kappa shape index (κ1) is 18.0. The van der Waals surface area contributed by atoms with Gasteiger partial charge in [-0.1, -0.05) is 55.1 Å². The summed E-state index contributed by atoms with van der Waals surface area (Å²) in [7, 11) is 0. The summed E-state index contributed by atoms with van der Waals surface area (Å²) in [6.45, 7) is 9.50. The topological polar surface area (TPSA) is 35.5 Å². The van der Waals surface area contributed by atoms with Crippen LogP contribution in [0.4, 0.5) is 0 Å². The molecule has 0 unspecified atom stereocenters. The highest BCUT2D eigenvalue weighted by Gasteiger charge is 2.23. The Morgan fingerprint density at radius 2 is 1.62 bits per heavy atom. The number of fused-ring (bicyclic) bond motifs is 3. The van der Waals surface area contributed by atoms with Crippen molar-refractivity contribution in [1.82, 2.24) is 0 Å². The first-order valence-corrected chi connectivity index (χ1v) is 8.79. The van der Waals surface area contributed by atoms with Crippen molar-refractivity contribution in [2.45, 2.75) is 32.8 Å². The van der Waals surface area contributed by atoms with Crippen LogP contribution in [0.5, 0.6) is 5.75 Å². The number of ether oxygens (including phenoxy) is 2. The Balaban J connectivity index is 1.80. The lowest BCUT2D eigenvalue weighted by molar-refractivity contribution is -0.152. The maximum Gasteiger partial charge on any atom is 0.333 e. The summed E-state index contributed by atoms with van der Waals surface area (Å²) >= 11 is 0. The van der Waals surface area contributed by atoms with Crippen molar-refractivity contribution in [3.05, 3.63) is 66.7 Å². The standard InChI is InChI=1S/C23H24O3/c1-16(2)22(24)26-23(3,4)13-14-25-21-15-17-9-5-6-10-18(17)19-11-7-8-12-20(19)21/h5-12,15H,1,13-14H2,2-4H3. The van der Waals surface area contributed by atoms with Crippen LogP contribution in [0.2, 0.25) is 0 Å². The number of esters is 1. The van der Waals surface area contributed by atoms with Crippen molar-refractivity contribution in [3.63, 3.8) is 0 Å². The van der Waals surface area contributed by atoms with Crippen LogP contribution >= 0.6 is 0 Å². The molecule has 0 radical (unpaired) electrons. The van der Waals surface area contributed by atoms with Crippen molar-refractivity contribution in [3.8, 4) is 5.75 Å². The fourth-order valence-electron chi connectivity index (χ4n) is 2.94. The number of hydrogen-bond acceptors (Lipinski definition) is 3. The molecule has 0 atom stereocenters. The van der Waals surface area contributed by atoms with Crippen LogP contribution in [-0.4, -0.2) is 18.2 Å². The fraction of sp³-hybridized carbons (Fsp3) is 0.261. The van der Waals surface area contributed by atoms with Gasteiger partial charge in [0.05, 0.1) is 6.61 Å². The summed E-state index contributed by atoms with van der Waals surface area (Å²) in [5.74, 6) is 0.479. The average molecular weight is 348 g/mol. The van der Waals surface area contributed by atoms with Crippen LogP contribution in [0.3, 0.4) is 0 Å². The quantitative estimate of drug-likeness (QED) is 0.327. The van der Waals surface area contributed by atoms with Crippen molar-refractivity contribution in [2.75, 3.05) is 6.61 Å². The lowest BCUT2D eigenvalue weighted by atomic mass is 10.0. The first-order valence-electron chi connectivity index (χ1n) is 8.79. The molecule has 3 aromatic rings. The fourth-order valence-corrected chi connectivity index (χ4v) is 2.94. The Hall–Kier alpha value is -2.81. The van der Waals surface area contributed by atoms with Gasteiger partial charge < -0.3 is 9.47 Å². The van der Waals surface area contributed by atoms with Gasteiger partial charge in [0.25, 0.3) is 0 Å². The van der Waals surface area contributed by atoms with Gasteiger partial charge in [-0.15, -0.1) is 0 Å². The van der Waals surface area contributed by atoms with Crippen LogP contribution in [0, 0.1) is 0 Å². The summed E-state index contributed by atoms with van der Waals surface area (Å²) in [6.07, 6.45) is 0.590. The molecule has 0 aliphatic carbocycles. The SMILES string of the molecule is C=C(C)C(=O)OC(C)(C)CCOc1cc2ccccc2c2ccccc12. The molecule has 0 fully saturated rings. The molecule has 0 N–H and O–H groups in total. The van der Waals surface area contributed by atoms with Gasteiger partial charge >= 0.3 is 5.97 Å². The van der Waals surface area contributed by atoms with Gasteiger partial charge in [0.1, 0.15) is 11.4 Å². The molecule has 0 aliphatic heterocycles. The van der Waals surface area contributed by atoms with E-state index in [2.05, 4.69) is 36.9 Å². The van der Waals surface area contributed by atoms with E-state index in [0.717, 1.165) is 16.5 Å². The molecule has 0 aromatic heterocycles.